The van der Waals surface area contributed by atoms with Crippen LogP contribution in [0.15, 0.2) is 24.3 Å². The molecule has 1 aliphatic heterocycles. The zero-order valence-electron chi connectivity index (χ0n) is 16.3. The molecule has 1 fully saturated rings. The summed E-state index contributed by atoms with van der Waals surface area (Å²) >= 11 is 0. The van der Waals surface area contributed by atoms with Gasteiger partial charge in [0, 0.05) is 18.7 Å². The molecule has 1 aliphatic rings. The number of hydrogen-bond donors (Lipinski definition) is 0. The molecule has 2 heterocycles. The van der Waals surface area contributed by atoms with Crippen LogP contribution in [0.5, 0.6) is 0 Å². The molecule has 3 rings (SSSR count). The van der Waals surface area contributed by atoms with E-state index in [1.54, 1.807) is 19.1 Å². The first-order chi connectivity index (χ1) is 12.9. The van der Waals surface area contributed by atoms with Gasteiger partial charge in [0.1, 0.15) is 0 Å². The van der Waals surface area contributed by atoms with Gasteiger partial charge >= 0.3 is 5.97 Å². The molecule has 0 amide bonds. The molecule has 0 spiro atoms. The number of benzene rings is 1. The lowest BCUT2D eigenvalue weighted by Gasteiger charge is -2.16. The van der Waals surface area contributed by atoms with E-state index in [0.717, 1.165) is 48.4 Å². The molecule has 142 valence electrons. The molecule has 6 nitrogen and oxygen atoms in total. The summed E-state index contributed by atoms with van der Waals surface area (Å²) in [5.74, 6) is -0.0951. The highest BCUT2D eigenvalue weighted by atomic mass is 16.5. The van der Waals surface area contributed by atoms with Gasteiger partial charge < -0.3 is 9.64 Å². The Labute approximate surface area is 159 Å². The number of carbonyl (C=O) groups excluding carboxylic acids is 2. The van der Waals surface area contributed by atoms with Crippen LogP contribution in [0.4, 0.5) is 5.82 Å². The van der Waals surface area contributed by atoms with Crippen LogP contribution in [0.25, 0.3) is 0 Å². The van der Waals surface area contributed by atoms with Gasteiger partial charge in [-0.05, 0) is 75.4 Å². The lowest BCUT2D eigenvalue weighted by molar-refractivity contribution is 0.0311. The van der Waals surface area contributed by atoms with Crippen molar-refractivity contribution in [2.75, 3.05) is 18.0 Å². The second kappa shape index (κ2) is 7.86. The van der Waals surface area contributed by atoms with E-state index in [-0.39, 0.29) is 11.5 Å². The number of hydrogen-bond acceptors (Lipinski definition) is 6. The number of Topliss-reactive ketones (excluding diaryl/α,β-unsaturated/α-hetero) is 1. The summed E-state index contributed by atoms with van der Waals surface area (Å²) in [7, 11) is 0. The van der Waals surface area contributed by atoms with Crippen molar-refractivity contribution in [1.29, 1.82) is 0 Å². The Kier molecular flexibility index (Phi) is 5.54. The molecular weight excluding hydrogens is 342 g/mol. The molecular formula is C21H25N3O3. The number of ether oxygens (including phenoxy) is 1. The van der Waals surface area contributed by atoms with Gasteiger partial charge in [-0.15, -0.1) is 10.2 Å². The van der Waals surface area contributed by atoms with E-state index < -0.39 is 12.1 Å². The predicted molar refractivity (Wildman–Crippen MR) is 103 cm³/mol. The number of carbonyl (C=O) groups is 2. The van der Waals surface area contributed by atoms with Gasteiger partial charge in [0.15, 0.2) is 17.6 Å². The van der Waals surface area contributed by atoms with Crippen molar-refractivity contribution in [3.05, 3.63) is 52.2 Å². The molecule has 1 unspecified atom stereocenters. The van der Waals surface area contributed by atoms with Crippen LogP contribution in [-0.2, 0) is 4.74 Å². The molecule has 2 aromatic rings. The lowest BCUT2D eigenvalue weighted by Crippen LogP contribution is -2.26. The monoisotopic (exact) mass is 367 g/mol. The van der Waals surface area contributed by atoms with Gasteiger partial charge in [-0.3, -0.25) is 4.79 Å². The SMILES string of the molecule is Cc1cc(C)c(C(=O)C(C)OC(=O)c2ccc(N3CCCC3)nn2)cc1C. The highest BCUT2D eigenvalue weighted by Crippen LogP contribution is 2.19. The van der Waals surface area contributed by atoms with E-state index in [1.165, 1.54) is 0 Å². The van der Waals surface area contributed by atoms with Gasteiger partial charge in [-0.2, -0.15) is 0 Å². The fourth-order valence-electron chi connectivity index (χ4n) is 3.27. The molecule has 1 aromatic heterocycles. The molecule has 0 saturated carbocycles. The van der Waals surface area contributed by atoms with Gasteiger partial charge in [0.25, 0.3) is 0 Å². The third kappa shape index (κ3) is 4.15. The number of anilines is 1. The van der Waals surface area contributed by atoms with Crippen molar-refractivity contribution in [3.63, 3.8) is 0 Å². The van der Waals surface area contributed by atoms with Crippen molar-refractivity contribution in [3.8, 4) is 0 Å². The first kappa shape index (κ1) is 19.0. The average molecular weight is 367 g/mol. The summed E-state index contributed by atoms with van der Waals surface area (Å²) in [6, 6.07) is 7.19. The minimum Gasteiger partial charge on any atom is -0.449 e. The Bertz CT molecular complexity index is 856. The second-order valence-corrected chi connectivity index (χ2v) is 7.13. The van der Waals surface area contributed by atoms with Crippen molar-refractivity contribution >= 4 is 17.6 Å². The Balaban J connectivity index is 1.68. The number of aromatic nitrogens is 2. The maximum Gasteiger partial charge on any atom is 0.359 e. The Hall–Kier alpha value is -2.76. The third-order valence-electron chi connectivity index (χ3n) is 5.05. The summed E-state index contributed by atoms with van der Waals surface area (Å²) in [6.07, 6.45) is 1.39. The largest absolute Gasteiger partial charge is 0.449 e. The van der Waals surface area contributed by atoms with Crippen LogP contribution in [0.1, 0.15) is 57.3 Å². The normalized spacial score (nSPS) is 14.9. The molecule has 1 aromatic carbocycles. The van der Waals surface area contributed by atoms with E-state index in [2.05, 4.69) is 15.1 Å². The molecule has 6 heteroatoms. The molecule has 0 aliphatic carbocycles. The summed E-state index contributed by atoms with van der Waals surface area (Å²) in [5.41, 5.74) is 3.72. The third-order valence-corrected chi connectivity index (χ3v) is 5.05. The number of esters is 1. The number of aryl methyl sites for hydroxylation is 3. The first-order valence-corrected chi connectivity index (χ1v) is 9.28. The quantitative estimate of drug-likeness (QED) is 0.595. The maximum absolute atomic E-state index is 12.7. The van der Waals surface area contributed by atoms with E-state index in [4.69, 9.17) is 4.74 Å². The number of ketones is 1. The Morgan fingerprint density at radius 2 is 1.67 bits per heavy atom. The van der Waals surface area contributed by atoms with E-state index in [9.17, 15) is 9.59 Å². The fourth-order valence-corrected chi connectivity index (χ4v) is 3.27. The second-order valence-electron chi connectivity index (χ2n) is 7.13. The number of rotatable bonds is 5. The standard InChI is InChI=1S/C21H25N3O3/c1-13-11-15(3)17(12-14(13)2)20(25)16(4)27-21(26)18-7-8-19(23-22-18)24-9-5-6-10-24/h7-8,11-12,16H,5-6,9-10H2,1-4H3. The van der Waals surface area contributed by atoms with Crippen LogP contribution >= 0.6 is 0 Å². The van der Waals surface area contributed by atoms with E-state index in [1.807, 2.05) is 32.9 Å². The predicted octanol–water partition coefficient (Wildman–Crippen LogP) is 3.43. The van der Waals surface area contributed by atoms with Gasteiger partial charge in [0.05, 0.1) is 0 Å². The molecule has 0 N–H and O–H groups in total. The molecule has 0 radical (unpaired) electrons. The zero-order valence-corrected chi connectivity index (χ0v) is 16.3. The van der Waals surface area contributed by atoms with Crippen LogP contribution in [0.2, 0.25) is 0 Å². The molecule has 27 heavy (non-hydrogen) atoms. The van der Waals surface area contributed by atoms with Gasteiger partial charge in [-0.25, -0.2) is 4.79 Å². The van der Waals surface area contributed by atoms with Crippen molar-refractivity contribution in [2.45, 2.75) is 46.6 Å². The van der Waals surface area contributed by atoms with Crippen molar-refractivity contribution in [1.82, 2.24) is 10.2 Å². The number of nitrogens with zero attached hydrogens (tertiary/aromatic N) is 3. The Morgan fingerprint density at radius 3 is 2.30 bits per heavy atom. The van der Waals surface area contributed by atoms with Crippen LogP contribution in [0.3, 0.4) is 0 Å². The van der Waals surface area contributed by atoms with E-state index >= 15 is 0 Å². The molecule has 1 saturated heterocycles. The first-order valence-electron chi connectivity index (χ1n) is 9.28. The fraction of sp³-hybridized carbons (Fsp3) is 0.429. The summed E-state index contributed by atoms with van der Waals surface area (Å²) in [6.45, 7) is 9.35. The highest BCUT2D eigenvalue weighted by Gasteiger charge is 2.23. The van der Waals surface area contributed by atoms with Gasteiger partial charge in [-0.1, -0.05) is 6.07 Å². The summed E-state index contributed by atoms with van der Waals surface area (Å²) in [4.78, 5) is 27.2. The smallest absolute Gasteiger partial charge is 0.359 e. The molecule has 0 bridgehead atoms. The average Bonchev–Trinajstić information content (AvgIpc) is 3.19. The minimum atomic E-state index is -0.890. The van der Waals surface area contributed by atoms with Crippen LogP contribution < -0.4 is 4.90 Å². The minimum absolute atomic E-state index is 0.106. The Morgan fingerprint density at radius 1 is 1.00 bits per heavy atom. The topological polar surface area (TPSA) is 72.4 Å². The summed E-state index contributed by atoms with van der Waals surface area (Å²) in [5, 5.41) is 8.09. The molecule has 1 atom stereocenters. The van der Waals surface area contributed by atoms with Crippen molar-refractivity contribution in [2.24, 2.45) is 0 Å². The lowest BCUT2D eigenvalue weighted by atomic mass is 9.96. The zero-order chi connectivity index (χ0) is 19.6. The van der Waals surface area contributed by atoms with Gasteiger partial charge in [0.2, 0.25) is 5.78 Å². The summed E-state index contributed by atoms with van der Waals surface area (Å²) < 4.78 is 5.34. The maximum atomic E-state index is 12.7. The highest BCUT2D eigenvalue weighted by molar-refractivity contribution is 6.02. The van der Waals surface area contributed by atoms with Crippen molar-refractivity contribution < 1.29 is 14.3 Å². The van der Waals surface area contributed by atoms with Crippen LogP contribution in [0, 0.1) is 20.8 Å². The van der Waals surface area contributed by atoms with E-state index in [0.29, 0.717) is 5.56 Å². The van der Waals surface area contributed by atoms with Crippen LogP contribution in [-0.4, -0.2) is 41.1 Å².